The number of halogens is 1. The van der Waals surface area contributed by atoms with Crippen molar-refractivity contribution in [3.63, 3.8) is 0 Å². The molecule has 1 aliphatic heterocycles. The molecule has 38 heavy (non-hydrogen) atoms. The predicted molar refractivity (Wildman–Crippen MR) is 145 cm³/mol. The number of primary amides is 1. The Morgan fingerprint density at radius 3 is 2.34 bits per heavy atom. The van der Waals surface area contributed by atoms with Gasteiger partial charge in [0.1, 0.15) is 17.4 Å². The summed E-state index contributed by atoms with van der Waals surface area (Å²) in [6, 6.07) is 18.1. The number of nitrogens with two attached hydrogens (primary N) is 2. The number of hydrogen-bond acceptors (Lipinski definition) is 4. The number of carbonyl (C=O) groups is 3. The van der Waals surface area contributed by atoms with Crippen LogP contribution in [0.5, 0.6) is 0 Å². The monoisotopic (exact) mass is 518 g/mol. The van der Waals surface area contributed by atoms with E-state index in [4.69, 9.17) is 11.5 Å². The van der Waals surface area contributed by atoms with Crippen LogP contribution in [0, 0.1) is 5.82 Å². The van der Waals surface area contributed by atoms with Crippen molar-refractivity contribution < 1.29 is 18.8 Å². The quantitative estimate of drug-likeness (QED) is 0.453. The van der Waals surface area contributed by atoms with Gasteiger partial charge in [-0.3, -0.25) is 14.4 Å². The number of amides is 3. The van der Waals surface area contributed by atoms with E-state index >= 15 is 0 Å². The molecule has 3 atom stereocenters. The fraction of sp³-hybridized carbons (Fsp3) is 0.367. The molecule has 1 heterocycles. The van der Waals surface area contributed by atoms with Gasteiger partial charge < -0.3 is 21.3 Å². The molecule has 7 nitrogen and oxygen atoms in total. The van der Waals surface area contributed by atoms with E-state index in [0.29, 0.717) is 12.8 Å². The molecule has 200 valence electrons. The van der Waals surface area contributed by atoms with E-state index in [1.165, 1.54) is 17.0 Å². The van der Waals surface area contributed by atoms with Gasteiger partial charge in [0.25, 0.3) is 0 Å². The van der Waals surface area contributed by atoms with Crippen LogP contribution in [0.4, 0.5) is 4.39 Å². The largest absolute Gasteiger partial charge is 0.368 e. The highest BCUT2D eigenvalue weighted by atomic mass is 19.1. The zero-order valence-corrected chi connectivity index (χ0v) is 21.9. The highest BCUT2D eigenvalue weighted by Gasteiger charge is 2.47. The maximum atomic E-state index is 13.8. The Bertz CT molecular complexity index is 1330. The lowest BCUT2D eigenvalue weighted by atomic mass is 9.87. The first kappa shape index (κ1) is 27.3. The van der Waals surface area contributed by atoms with E-state index in [2.05, 4.69) is 0 Å². The van der Waals surface area contributed by atoms with Crippen LogP contribution in [0.3, 0.4) is 0 Å². The summed E-state index contributed by atoms with van der Waals surface area (Å²) in [5.41, 5.74) is 12.5. The summed E-state index contributed by atoms with van der Waals surface area (Å²) in [7, 11) is 0. The minimum atomic E-state index is -1.27. The van der Waals surface area contributed by atoms with Gasteiger partial charge in [-0.25, -0.2) is 4.39 Å². The second kappa shape index (κ2) is 11.3. The molecule has 1 aliphatic rings. The second-order valence-corrected chi connectivity index (χ2v) is 10.3. The van der Waals surface area contributed by atoms with Crippen LogP contribution in [0.15, 0.2) is 66.7 Å². The van der Waals surface area contributed by atoms with E-state index in [9.17, 15) is 18.8 Å². The second-order valence-electron chi connectivity index (χ2n) is 10.3. The van der Waals surface area contributed by atoms with Crippen LogP contribution in [-0.4, -0.2) is 58.2 Å². The molecule has 3 aromatic rings. The summed E-state index contributed by atoms with van der Waals surface area (Å²) < 4.78 is 13.3. The number of fused-ring (bicyclic) bond motifs is 1. The van der Waals surface area contributed by atoms with E-state index < -0.39 is 23.5 Å². The van der Waals surface area contributed by atoms with E-state index in [1.807, 2.05) is 49.4 Å². The van der Waals surface area contributed by atoms with Crippen LogP contribution in [0.2, 0.25) is 0 Å². The molecule has 3 unspecified atom stereocenters. The number of carbonyl (C=O) groups excluding carboxylic acids is 3. The molecule has 0 aromatic heterocycles. The van der Waals surface area contributed by atoms with Crippen molar-refractivity contribution in [3.05, 3.63) is 83.7 Å². The number of piperazine rings is 1. The molecule has 0 radical (unpaired) electrons. The molecule has 0 bridgehead atoms. The fourth-order valence-electron chi connectivity index (χ4n) is 5.33. The van der Waals surface area contributed by atoms with Crippen LogP contribution in [-0.2, 0) is 27.2 Å². The molecule has 1 saturated heterocycles. The third-order valence-electron chi connectivity index (χ3n) is 7.51. The van der Waals surface area contributed by atoms with Gasteiger partial charge in [0.2, 0.25) is 17.7 Å². The molecule has 4 rings (SSSR count). The Balaban J connectivity index is 1.55. The summed E-state index contributed by atoms with van der Waals surface area (Å²) in [6.07, 6.45) is 1.59. The van der Waals surface area contributed by atoms with Crippen molar-refractivity contribution in [2.24, 2.45) is 11.5 Å². The lowest BCUT2D eigenvalue weighted by molar-refractivity contribution is -0.160. The van der Waals surface area contributed by atoms with Gasteiger partial charge in [-0.2, -0.15) is 0 Å². The normalized spacial score (nSPS) is 18.3. The molecule has 0 spiro atoms. The fourth-order valence-corrected chi connectivity index (χ4v) is 5.33. The van der Waals surface area contributed by atoms with E-state index in [1.54, 1.807) is 24.0 Å². The van der Waals surface area contributed by atoms with E-state index in [-0.39, 0.29) is 43.6 Å². The summed E-state index contributed by atoms with van der Waals surface area (Å²) >= 11 is 0. The SMILES string of the molecule is CCCC1C(=O)N(C(C)(Cc2ccc3ccccc3c2)C(N)=O)CCN1C(=O)C(N)Cc1ccc(F)cc1. The first-order valence-corrected chi connectivity index (χ1v) is 13.0. The summed E-state index contributed by atoms with van der Waals surface area (Å²) in [6.45, 7) is 4.05. The van der Waals surface area contributed by atoms with Crippen molar-refractivity contribution in [1.82, 2.24) is 9.80 Å². The van der Waals surface area contributed by atoms with Crippen molar-refractivity contribution in [2.45, 2.75) is 57.2 Å². The van der Waals surface area contributed by atoms with Crippen molar-refractivity contribution in [3.8, 4) is 0 Å². The molecule has 4 N–H and O–H groups in total. The number of benzene rings is 3. The molecule has 3 amide bonds. The minimum absolute atomic E-state index is 0.168. The van der Waals surface area contributed by atoms with Gasteiger partial charge in [0, 0.05) is 19.5 Å². The smallest absolute Gasteiger partial charge is 0.246 e. The Hall–Kier alpha value is -3.78. The van der Waals surface area contributed by atoms with Gasteiger partial charge in [0.05, 0.1) is 6.04 Å². The summed E-state index contributed by atoms with van der Waals surface area (Å²) in [5.74, 6) is -1.60. The molecule has 1 fully saturated rings. The average molecular weight is 519 g/mol. The number of hydrogen-bond donors (Lipinski definition) is 2. The molecular formula is C30H35FN4O3. The Morgan fingerprint density at radius 2 is 1.68 bits per heavy atom. The molecular weight excluding hydrogens is 483 g/mol. The topological polar surface area (TPSA) is 110 Å². The zero-order valence-electron chi connectivity index (χ0n) is 21.9. The van der Waals surface area contributed by atoms with Crippen LogP contribution in [0.1, 0.15) is 37.8 Å². The van der Waals surface area contributed by atoms with Crippen molar-refractivity contribution in [1.29, 1.82) is 0 Å². The average Bonchev–Trinajstić information content (AvgIpc) is 2.90. The summed E-state index contributed by atoms with van der Waals surface area (Å²) in [5, 5.41) is 2.12. The van der Waals surface area contributed by atoms with Crippen molar-refractivity contribution >= 4 is 28.5 Å². The Morgan fingerprint density at radius 1 is 1.03 bits per heavy atom. The van der Waals surface area contributed by atoms with Crippen LogP contribution >= 0.6 is 0 Å². The molecule has 0 saturated carbocycles. The van der Waals surface area contributed by atoms with Gasteiger partial charge in [-0.15, -0.1) is 0 Å². The predicted octanol–water partition coefficient (Wildman–Crippen LogP) is 3.17. The van der Waals surface area contributed by atoms with Gasteiger partial charge >= 0.3 is 0 Å². The standard InChI is InChI=1S/C30H35FN4O3/c1-3-6-26-28(37)35(16-15-34(26)27(36)25(32)18-20-10-13-24(31)14-11-20)30(2,29(33)38)19-21-9-12-22-7-4-5-8-23(22)17-21/h4-5,7-14,17,25-26H,3,6,15-16,18-19,32H2,1-2H3,(H2,33,38). The highest BCUT2D eigenvalue weighted by molar-refractivity contribution is 5.96. The third-order valence-corrected chi connectivity index (χ3v) is 7.51. The maximum absolute atomic E-state index is 13.8. The van der Waals surface area contributed by atoms with Gasteiger partial charge in [-0.1, -0.05) is 67.9 Å². The third kappa shape index (κ3) is 5.55. The first-order chi connectivity index (χ1) is 18.1. The zero-order chi connectivity index (χ0) is 27.4. The Labute approximate surface area is 222 Å². The maximum Gasteiger partial charge on any atom is 0.246 e. The van der Waals surface area contributed by atoms with Crippen LogP contribution < -0.4 is 11.5 Å². The number of nitrogens with zero attached hydrogens (tertiary/aromatic N) is 2. The molecule has 3 aromatic carbocycles. The minimum Gasteiger partial charge on any atom is -0.368 e. The highest BCUT2D eigenvalue weighted by Crippen LogP contribution is 2.29. The molecule has 0 aliphatic carbocycles. The van der Waals surface area contributed by atoms with Gasteiger partial charge in [0.15, 0.2) is 0 Å². The summed E-state index contributed by atoms with van der Waals surface area (Å²) in [4.78, 5) is 43.1. The lowest BCUT2D eigenvalue weighted by Gasteiger charge is -2.48. The van der Waals surface area contributed by atoms with E-state index in [0.717, 1.165) is 21.9 Å². The van der Waals surface area contributed by atoms with Crippen LogP contribution in [0.25, 0.3) is 10.8 Å². The van der Waals surface area contributed by atoms with Gasteiger partial charge in [-0.05, 0) is 53.8 Å². The van der Waals surface area contributed by atoms with Crippen molar-refractivity contribution in [2.75, 3.05) is 13.1 Å². The lowest BCUT2D eigenvalue weighted by Crippen LogP contribution is -2.69. The Kier molecular flexibility index (Phi) is 8.11. The first-order valence-electron chi connectivity index (χ1n) is 13.0. The molecule has 8 heteroatoms. The number of rotatable bonds is 9.